The van der Waals surface area contributed by atoms with Gasteiger partial charge in [0.1, 0.15) is 0 Å². The van der Waals surface area contributed by atoms with Gasteiger partial charge in [0, 0.05) is 22.8 Å². The highest BCUT2D eigenvalue weighted by molar-refractivity contribution is 14.1. The normalized spacial score (nSPS) is 10.0. The van der Waals surface area contributed by atoms with Crippen molar-refractivity contribution in [3.8, 4) is 0 Å². The van der Waals surface area contributed by atoms with Crippen molar-refractivity contribution in [2.75, 3.05) is 19.5 Å². The van der Waals surface area contributed by atoms with E-state index in [1.54, 1.807) is 31.3 Å². The van der Waals surface area contributed by atoms with Crippen molar-refractivity contribution in [1.82, 2.24) is 5.32 Å². The van der Waals surface area contributed by atoms with Gasteiger partial charge >= 0.3 is 5.97 Å². The Bertz CT molecular complexity index is 714. The standard InChI is InChI=1S/C17H17IN2O3/c1-19-15-8-7-13(18)9-14(15)16(21)20-10-11-3-5-12(6-4-11)17(22)23-2/h3-9,19H,10H2,1-2H3,(H,20,21). The second-order valence-corrected chi connectivity index (χ2v) is 6.06. The molecule has 0 aromatic heterocycles. The van der Waals surface area contributed by atoms with Crippen molar-refractivity contribution in [2.45, 2.75) is 6.54 Å². The monoisotopic (exact) mass is 424 g/mol. The minimum Gasteiger partial charge on any atom is -0.465 e. The molecule has 2 aromatic rings. The third-order valence-corrected chi connectivity index (χ3v) is 3.99. The van der Waals surface area contributed by atoms with Crippen molar-refractivity contribution in [3.63, 3.8) is 0 Å². The van der Waals surface area contributed by atoms with Gasteiger partial charge in [0.05, 0.1) is 18.2 Å². The second kappa shape index (κ2) is 7.96. The van der Waals surface area contributed by atoms with Crippen LogP contribution in [-0.4, -0.2) is 26.0 Å². The first-order valence-corrected chi connectivity index (χ1v) is 8.05. The number of rotatable bonds is 5. The Labute approximate surface area is 148 Å². The van der Waals surface area contributed by atoms with Crippen molar-refractivity contribution < 1.29 is 14.3 Å². The summed E-state index contributed by atoms with van der Waals surface area (Å²) in [7, 11) is 3.13. The van der Waals surface area contributed by atoms with Crippen molar-refractivity contribution in [1.29, 1.82) is 0 Å². The molecule has 120 valence electrons. The van der Waals surface area contributed by atoms with E-state index in [4.69, 9.17) is 0 Å². The molecule has 0 bridgehead atoms. The molecule has 0 radical (unpaired) electrons. The summed E-state index contributed by atoms with van der Waals surface area (Å²) < 4.78 is 5.65. The minimum absolute atomic E-state index is 0.148. The molecule has 0 saturated heterocycles. The van der Waals surface area contributed by atoms with Crippen molar-refractivity contribution in [3.05, 3.63) is 62.7 Å². The summed E-state index contributed by atoms with van der Waals surface area (Å²) in [4.78, 5) is 23.7. The van der Waals surface area contributed by atoms with Crippen LogP contribution >= 0.6 is 22.6 Å². The average molecular weight is 424 g/mol. The van der Waals surface area contributed by atoms with Crippen LogP contribution < -0.4 is 10.6 Å². The topological polar surface area (TPSA) is 67.4 Å². The Hall–Kier alpha value is -2.09. The number of amides is 1. The van der Waals surface area contributed by atoms with Gasteiger partial charge in [0.2, 0.25) is 0 Å². The van der Waals surface area contributed by atoms with Gasteiger partial charge in [-0.1, -0.05) is 12.1 Å². The van der Waals surface area contributed by atoms with E-state index < -0.39 is 0 Å². The van der Waals surface area contributed by atoms with Gasteiger partial charge in [0.15, 0.2) is 0 Å². The number of hydrogen-bond acceptors (Lipinski definition) is 4. The summed E-state index contributed by atoms with van der Waals surface area (Å²) in [5.74, 6) is -0.525. The molecule has 2 aromatic carbocycles. The lowest BCUT2D eigenvalue weighted by Gasteiger charge is -2.10. The first-order chi connectivity index (χ1) is 11.0. The van der Waals surface area contributed by atoms with Crippen LogP contribution in [0, 0.1) is 3.57 Å². The number of halogens is 1. The summed E-state index contributed by atoms with van der Waals surface area (Å²) >= 11 is 2.17. The van der Waals surface area contributed by atoms with E-state index in [1.807, 2.05) is 18.2 Å². The highest BCUT2D eigenvalue weighted by Gasteiger charge is 2.11. The van der Waals surface area contributed by atoms with Crippen LogP contribution in [0.5, 0.6) is 0 Å². The number of hydrogen-bond donors (Lipinski definition) is 2. The van der Waals surface area contributed by atoms with E-state index in [1.165, 1.54) is 7.11 Å². The molecule has 0 fully saturated rings. The largest absolute Gasteiger partial charge is 0.465 e. The first kappa shape index (κ1) is 17.3. The maximum Gasteiger partial charge on any atom is 0.337 e. The molecule has 0 heterocycles. The van der Waals surface area contributed by atoms with Gasteiger partial charge in [-0.25, -0.2) is 4.79 Å². The van der Waals surface area contributed by atoms with Crippen LogP contribution in [0.2, 0.25) is 0 Å². The molecule has 2 rings (SSSR count). The third kappa shape index (κ3) is 4.44. The predicted octanol–water partition coefficient (Wildman–Crippen LogP) is 3.05. The number of carbonyl (C=O) groups excluding carboxylic acids is 2. The molecular formula is C17H17IN2O3. The molecule has 23 heavy (non-hydrogen) atoms. The lowest BCUT2D eigenvalue weighted by molar-refractivity contribution is 0.0600. The smallest absolute Gasteiger partial charge is 0.337 e. The molecule has 0 saturated carbocycles. The van der Waals surface area contributed by atoms with Gasteiger partial charge in [-0.15, -0.1) is 0 Å². The van der Waals surface area contributed by atoms with Crippen LogP contribution in [0.15, 0.2) is 42.5 Å². The van der Waals surface area contributed by atoms with E-state index in [-0.39, 0.29) is 11.9 Å². The average Bonchev–Trinajstić information content (AvgIpc) is 2.59. The lowest BCUT2D eigenvalue weighted by atomic mass is 10.1. The van der Waals surface area contributed by atoms with Crippen LogP contribution in [0.4, 0.5) is 5.69 Å². The highest BCUT2D eigenvalue weighted by Crippen LogP contribution is 2.18. The molecule has 0 aliphatic rings. The van der Waals surface area contributed by atoms with E-state index in [2.05, 4.69) is 38.0 Å². The SMILES string of the molecule is CNc1ccc(I)cc1C(=O)NCc1ccc(C(=O)OC)cc1. The Balaban J connectivity index is 2.04. The third-order valence-electron chi connectivity index (χ3n) is 3.32. The number of esters is 1. The number of ether oxygens (including phenoxy) is 1. The number of anilines is 1. The molecule has 6 heteroatoms. The maximum atomic E-state index is 12.3. The van der Waals surface area contributed by atoms with Gasteiger partial charge in [-0.2, -0.15) is 0 Å². The molecular weight excluding hydrogens is 407 g/mol. The highest BCUT2D eigenvalue weighted by atomic mass is 127. The zero-order chi connectivity index (χ0) is 16.8. The summed E-state index contributed by atoms with van der Waals surface area (Å²) in [6.45, 7) is 0.384. The Morgan fingerprint density at radius 1 is 1.13 bits per heavy atom. The van der Waals surface area contributed by atoms with Gasteiger partial charge in [-0.3, -0.25) is 4.79 Å². The maximum absolute atomic E-state index is 12.3. The summed E-state index contributed by atoms with van der Waals surface area (Å²) in [6, 6.07) is 12.6. The predicted molar refractivity (Wildman–Crippen MR) is 97.7 cm³/mol. The van der Waals surface area contributed by atoms with E-state index in [9.17, 15) is 9.59 Å². The molecule has 5 nitrogen and oxygen atoms in total. The van der Waals surface area contributed by atoms with Crippen LogP contribution in [0.1, 0.15) is 26.3 Å². The van der Waals surface area contributed by atoms with Gasteiger partial charge in [-0.05, 0) is 58.5 Å². The molecule has 2 N–H and O–H groups in total. The van der Waals surface area contributed by atoms with Crippen LogP contribution in [0.3, 0.4) is 0 Å². The molecule has 1 amide bonds. The van der Waals surface area contributed by atoms with Crippen molar-refractivity contribution in [2.24, 2.45) is 0 Å². The molecule has 0 spiro atoms. The Morgan fingerprint density at radius 3 is 2.43 bits per heavy atom. The Morgan fingerprint density at radius 2 is 1.83 bits per heavy atom. The van der Waals surface area contributed by atoms with E-state index in [0.717, 1.165) is 14.8 Å². The fourth-order valence-corrected chi connectivity index (χ4v) is 2.57. The van der Waals surface area contributed by atoms with Gasteiger partial charge < -0.3 is 15.4 Å². The number of benzene rings is 2. The number of carbonyl (C=O) groups is 2. The molecule has 0 aliphatic heterocycles. The van der Waals surface area contributed by atoms with E-state index >= 15 is 0 Å². The fourth-order valence-electron chi connectivity index (χ4n) is 2.08. The molecule has 0 aliphatic carbocycles. The lowest BCUT2D eigenvalue weighted by Crippen LogP contribution is -2.23. The fraction of sp³-hybridized carbons (Fsp3) is 0.176. The molecule has 0 unspecified atom stereocenters. The first-order valence-electron chi connectivity index (χ1n) is 6.98. The molecule has 0 atom stereocenters. The van der Waals surface area contributed by atoms with Crippen molar-refractivity contribution >= 4 is 40.2 Å². The van der Waals surface area contributed by atoms with E-state index in [0.29, 0.717) is 17.7 Å². The second-order valence-electron chi connectivity index (χ2n) is 4.81. The Kier molecular flexibility index (Phi) is 5.97. The zero-order valence-corrected chi connectivity index (χ0v) is 15.0. The van der Waals surface area contributed by atoms with Gasteiger partial charge in [0.25, 0.3) is 5.91 Å². The zero-order valence-electron chi connectivity index (χ0n) is 12.9. The summed E-state index contributed by atoms with van der Waals surface area (Å²) in [5, 5.41) is 5.89. The summed E-state index contributed by atoms with van der Waals surface area (Å²) in [6.07, 6.45) is 0. The van der Waals surface area contributed by atoms with Crippen LogP contribution in [0.25, 0.3) is 0 Å². The number of methoxy groups -OCH3 is 1. The van der Waals surface area contributed by atoms with Crippen LogP contribution in [-0.2, 0) is 11.3 Å². The summed E-state index contributed by atoms with van der Waals surface area (Å²) in [5.41, 5.74) is 2.77. The minimum atomic E-state index is -0.377. The quantitative estimate of drug-likeness (QED) is 0.572. The number of nitrogens with one attached hydrogen (secondary N) is 2.